The molecule has 6 heteroatoms. The van der Waals surface area contributed by atoms with Gasteiger partial charge in [-0.15, -0.1) is 0 Å². The van der Waals surface area contributed by atoms with E-state index < -0.39 is 0 Å². The molecule has 2 fully saturated rings. The van der Waals surface area contributed by atoms with Crippen LogP contribution in [-0.2, 0) is 16.0 Å². The molecule has 0 unspecified atom stereocenters. The average Bonchev–Trinajstić information content (AvgIpc) is 2.81. The summed E-state index contributed by atoms with van der Waals surface area (Å²) in [6.45, 7) is 3.24. The van der Waals surface area contributed by atoms with Crippen molar-refractivity contribution in [3.05, 3.63) is 40.4 Å². The van der Waals surface area contributed by atoms with E-state index in [0.717, 1.165) is 63.2 Å². The molecule has 0 N–H and O–H groups in total. The molecule has 164 valence electrons. The van der Waals surface area contributed by atoms with Crippen molar-refractivity contribution >= 4 is 23.4 Å². The van der Waals surface area contributed by atoms with Crippen LogP contribution in [0, 0.1) is 0 Å². The Hall–Kier alpha value is -2.01. The van der Waals surface area contributed by atoms with Crippen molar-refractivity contribution in [2.45, 2.75) is 57.8 Å². The molecule has 0 saturated carbocycles. The van der Waals surface area contributed by atoms with Crippen LogP contribution in [0.1, 0.15) is 56.9 Å². The highest BCUT2D eigenvalue weighted by Gasteiger charge is 2.24. The van der Waals surface area contributed by atoms with Crippen molar-refractivity contribution in [1.29, 1.82) is 0 Å². The number of ether oxygens (including phenoxy) is 1. The Bertz CT molecular complexity index is 748. The Morgan fingerprint density at radius 1 is 0.867 bits per heavy atom. The zero-order chi connectivity index (χ0) is 21.3. The summed E-state index contributed by atoms with van der Waals surface area (Å²) in [6, 6.07) is 7.72. The number of likely N-dealkylation sites (tertiary alicyclic amines) is 2. The molecular weight excluding hydrogens is 400 g/mol. The molecule has 5 nitrogen and oxygen atoms in total. The number of halogens is 1. The lowest BCUT2D eigenvalue weighted by Gasteiger charge is -2.28. The molecule has 0 spiro atoms. The molecule has 30 heavy (non-hydrogen) atoms. The Morgan fingerprint density at radius 2 is 1.43 bits per heavy atom. The highest BCUT2D eigenvalue weighted by Crippen LogP contribution is 2.25. The molecule has 0 bridgehead atoms. The van der Waals surface area contributed by atoms with Crippen LogP contribution in [0.15, 0.2) is 34.9 Å². The molecule has 3 rings (SSSR count). The standard InChI is InChI=1S/C24H33ClN2O3/c1-30-20-10-8-19(9-11-20)18-21(24(29)27-16-6-3-7-17-27)22(25)12-13-23(28)26-14-4-2-5-15-26/h8-11H,2-7,12-18H2,1H3/b22-21+. The number of carbonyl (C=O) groups excluding carboxylic acids is 2. The third-order valence-corrected chi connectivity index (χ3v) is 6.45. The van der Waals surface area contributed by atoms with Crippen LogP contribution in [0.3, 0.4) is 0 Å². The summed E-state index contributed by atoms with van der Waals surface area (Å²) in [7, 11) is 1.64. The number of carbonyl (C=O) groups is 2. The smallest absolute Gasteiger partial charge is 0.251 e. The van der Waals surface area contributed by atoms with Gasteiger partial charge in [0.25, 0.3) is 5.91 Å². The molecule has 0 aliphatic carbocycles. The number of hydrogen-bond donors (Lipinski definition) is 0. The van der Waals surface area contributed by atoms with Crippen LogP contribution in [0.4, 0.5) is 0 Å². The largest absolute Gasteiger partial charge is 0.497 e. The van der Waals surface area contributed by atoms with Gasteiger partial charge in [0, 0.05) is 49.6 Å². The second-order valence-electron chi connectivity index (χ2n) is 8.20. The Labute approximate surface area is 185 Å². The van der Waals surface area contributed by atoms with E-state index in [0.29, 0.717) is 29.9 Å². The van der Waals surface area contributed by atoms with Crippen LogP contribution in [-0.4, -0.2) is 54.9 Å². The number of benzene rings is 1. The van der Waals surface area contributed by atoms with E-state index in [4.69, 9.17) is 16.3 Å². The van der Waals surface area contributed by atoms with Crippen molar-refractivity contribution in [1.82, 2.24) is 9.80 Å². The van der Waals surface area contributed by atoms with Gasteiger partial charge in [0.15, 0.2) is 0 Å². The van der Waals surface area contributed by atoms with Gasteiger partial charge in [-0.1, -0.05) is 23.7 Å². The lowest BCUT2D eigenvalue weighted by molar-refractivity contribution is -0.132. The third kappa shape index (κ3) is 6.24. The number of nitrogens with zero attached hydrogens (tertiary/aromatic N) is 2. The van der Waals surface area contributed by atoms with Crippen molar-refractivity contribution in [2.24, 2.45) is 0 Å². The first-order valence-corrected chi connectivity index (χ1v) is 11.5. The van der Waals surface area contributed by atoms with E-state index in [-0.39, 0.29) is 11.8 Å². The molecule has 1 aromatic carbocycles. The van der Waals surface area contributed by atoms with Gasteiger partial charge >= 0.3 is 0 Å². The summed E-state index contributed by atoms with van der Waals surface area (Å²) in [5.41, 5.74) is 1.63. The predicted octanol–water partition coefficient (Wildman–Crippen LogP) is 4.54. The quantitative estimate of drug-likeness (QED) is 0.594. The average molecular weight is 433 g/mol. The zero-order valence-electron chi connectivity index (χ0n) is 18.0. The molecule has 2 aliphatic rings. The van der Waals surface area contributed by atoms with Gasteiger partial charge in [-0.05, 0) is 62.6 Å². The van der Waals surface area contributed by atoms with Crippen molar-refractivity contribution < 1.29 is 14.3 Å². The molecule has 1 aromatic rings. The molecule has 2 aliphatic heterocycles. The van der Waals surface area contributed by atoms with Crippen LogP contribution in [0.25, 0.3) is 0 Å². The molecule has 0 radical (unpaired) electrons. The lowest BCUT2D eigenvalue weighted by Crippen LogP contribution is -2.37. The maximum absolute atomic E-state index is 13.3. The SMILES string of the molecule is COc1ccc(C/C(C(=O)N2CCCCC2)=C(\Cl)CCC(=O)N2CCCCC2)cc1. The van der Waals surface area contributed by atoms with Crippen molar-refractivity contribution in [3.63, 3.8) is 0 Å². The Morgan fingerprint density at radius 3 is 2.00 bits per heavy atom. The number of piperidine rings is 2. The van der Waals surface area contributed by atoms with Gasteiger partial charge in [-0.3, -0.25) is 9.59 Å². The minimum absolute atomic E-state index is 0.0148. The van der Waals surface area contributed by atoms with Gasteiger partial charge in [0.1, 0.15) is 5.75 Å². The fourth-order valence-corrected chi connectivity index (χ4v) is 4.43. The Balaban J connectivity index is 1.73. The molecular formula is C24H33ClN2O3. The van der Waals surface area contributed by atoms with Gasteiger partial charge in [-0.2, -0.15) is 0 Å². The van der Waals surface area contributed by atoms with E-state index in [1.165, 1.54) is 12.8 Å². The fraction of sp³-hybridized carbons (Fsp3) is 0.583. The number of hydrogen-bond acceptors (Lipinski definition) is 3. The van der Waals surface area contributed by atoms with Crippen LogP contribution in [0.5, 0.6) is 5.75 Å². The van der Waals surface area contributed by atoms with E-state index in [1.807, 2.05) is 34.1 Å². The topological polar surface area (TPSA) is 49.9 Å². The molecule has 0 aromatic heterocycles. The highest BCUT2D eigenvalue weighted by molar-refractivity contribution is 6.32. The first kappa shape index (κ1) is 22.7. The fourth-order valence-electron chi connectivity index (χ4n) is 4.19. The summed E-state index contributed by atoms with van der Waals surface area (Å²) in [4.78, 5) is 29.7. The second-order valence-corrected chi connectivity index (χ2v) is 8.66. The van der Waals surface area contributed by atoms with E-state index in [2.05, 4.69) is 0 Å². The van der Waals surface area contributed by atoms with Gasteiger partial charge in [-0.25, -0.2) is 0 Å². The Kier molecular flexibility index (Phi) is 8.61. The highest BCUT2D eigenvalue weighted by atomic mass is 35.5. The third-order valence-electron chi connectivity index (χ3n) is 6.04. The first-order chi connectivity index (χ1) is 14.6. The summed E-state index contributed by atoms with van der Waals surface area (Å²) in [5.74, 6) is 0.938. The van der Waals surface area contributed by atoms with E-state index >= 15 is 0 Å². The van der Waals surface area contributed by atoms with Gasteiger partial charge < -0.3 is 14.5 Å². The number of allylic oxidation sites excluding steroid dienone is 1. The van der Waals surface area contributed by atoms with Crippen LogP contribution >= 0.6 is 11.6 Å². The minimum Gasteiger partial charge on any atom is -0.497 e. The predicted molar refractivity (Wildman–Crippen MR) is 120 cm³/mol. The summed E-state index contributed by atoms with van der Waals surface area (Å²) in [5, 5.41) is 0.520. The van der Waals surface area contributed by atoms with Crippen LogP contribution < -0.4 is 4.74 Å². The molecule has 2 amide bonds. The number of amides is 2. The summed E-state index contributed by atoms with van der Waals surface area (Å²) >= 11 is 6.69. The van der Waals surface area contributed by atoms with Crippen LogP contribution in [0.2, 0.25) is 0 Å². The summed E-state index contributed by atoms with van der Waals surface area (Å²) < 4.78 is 5.23. The van der Waals surface area contributed by atoms with E-state index in [9.17, 15) is 9.59 Å². The lowest BCUT2D eigenvalue weighted by atomic mass is 10.0. The maximum Gasteiger partial charge on any atom is 0.251 e. The van der Waals surface area contributed by atoms with Gasteiger partial charge in [0.2, 0.25) is 5.91 Å². The van der Waals surface area contributed by atoms with E-state index in [1.54, 1.807) is 7.11 Å². The van der Waals surface area contributed by atoms with Crippen molar-refractivity contribution in [3.8, 4) is 5.75 Å². The first-order valence-electron chi connectivity index (χ1n) is 11.2. The molecule has 0 atom stereocenters. The maximum atomic E-state index is 13.3. The molecule has 2 heterocycles. The van der Waals surface area contributed by atoms with Crippen molar-refractivity contribution in [2.75, 3.05) is 33.3 Å². The normalized spacial score (nSPS) is 18.1. The monoisotopic (exact) mass is 432 g/mol. The zero-order valence-corrected chi connectivity index (χ0v) is 18.8. The molecule has 2 saturated heterocycles. The number of rotatable bonds is 7. The minimum atomic E-state index is 0.0148. The summed E-state index contributed by atoms with van der Waals surface area (Å²) in [6.07, 6.45) is 7.83. The number of methoxy groups -OCH3 is 1. The second kappa shape index (κ2) is 11.4. The van der Waals surface area contributed by atoms with Gasteiger partial charge in [0.05, 0.1) is 7.11 Å².